The lowest BCUT2D eigenvalue weighted by molar-refractivity contribution is 0.628. The van der Waals surface area contributed by atoms with Gasteiger partial charge in [0.05, 0.1) is 12.4 Å². The molecule has 2 rings (SSSR count). The first-order valence-electron chi connectivity index (χ1n) is 4.76. The highest BCUT2D eigenvalue weighted by Gasteiger charge is 2.01. The van der Waals surface area contributed by atoms with Crippen LogP contribution in [0.5, 0.6) is 0 Å². The molecular formula is C11H11FN4. The van der Waals surface area contributed by atoms with E-state index in [1.54, 1.807) is 6.07 Å². The van der Waals surface area contributed by atoms with Crippen molar-refractivity contribution in [3.63, 3.8) is 0 Å². The van der Waals surface area contributed by atoms with Crippen molar-refractivity contribution in [1.82, 2.24) is 9.97 Å². The zero-order valence-corrected chi connectivity index (χ0v) is 8.74. The topological polar surface area (TPSA) is 63.8 Å². The number of anilines is 3. The Morgan fingerprint density at radius 3 is 2.75 bits per heavy atom. The molecule has 0 saturated heterocycles. The first kappa shape index (κ1) is 10.4. The molecule has 2 aromatic rings. The Kier molecular flexibility index (Phi) is 2.68. The maximum atomic E-state index is 13.0. The summed E-state index contributed by atoms with van der Waals surface area (Å²) in [5, 5.41) is 2.97. The van der Waals surface area contributed by atoms with Gasteiger partial charge in [0.15, 0.2) is 0 Å². The van der Waals surface area contributed by atoms with Crippen LogP contribution < -0.4 is 11.1 Å². The Morgan fingerprint density at radius 2 is 2.06 bits per heavy atom. The number of hydrogen-bond acceptors (Lipinski definition) is 4. The summed E-state index contributed by atoms with van der Waals surface area (Å²) in [4.78, 5) is 7.91. The molecule has 0 saturated carbocycles. The van der Waals surface area contributed by atoms with Crippen LogP contribution in [0.25, 0.3) is 0 Å². The van der Waals surface area contributed by atoms with Crippen molar-refractivity contribution in [2.45, 2.75) is 6.92 Å². The van der Waals surface area contributed by atoms with E-state index in [0.29, 0.717) is 17.3 Å². The van der Waals surface area contributed by atoms with Gasteiger partial charge in [0.1, 0.15) is 17.5 Å². The number of halogens is 1. The van der Waals surface area contributed by atoms with Gasteiger partial charge in [-0.25, -0.2) is 14.4 Å². The molecule has 1 aromatic carbocycles. The molecular weight excluding hydrogens is 207 g/mol. The number of aryl methyl sites for hydroxylation is 1. The molecule has 16 heavy (non-hydrogen) atoms. The minimum Gasteiger partial charge on any atom is -0.382 e. The van der Waals surface area contributed by atoms with E-state index in [0.717, 1.165) is 5.56 Å². The second-order valence-electron chi connectivity index (χ2n) is 3.41. The van der Waals surface area contributed by atoms with Crippen LogP contribution in [-0.2, 0) is 0 Å². The van der Waals surface area contributed by atoms with Crippen LogP contribution in [-0.4, -0.2) is 9.97 Å². The molecule has 0 amide bonds. The molecule has 0 aliphatic rings. The lowest BCUT2D eigenvalue weighted by Gasteiger charge is -2.08. The zero-order valence-electron chi connectivity index (χ0n) is 8.74. The molecule has 1 aromatic heterocycles. The molecule has 1 heterocycles. The average molecular weight is 218 g/mol. The van der Waals surface area contributed by atoms with Crippen molar-refractivity contribution < 1.29 is 4.39 Å². The minimum absolute atomic E-state index is 0.295. The fourth-order valence-electron chi connectivity index (χ4n) is 1.27. The van der Waals surface area contributed by atoms with Gasteiger partial charge in [-0.15, -0.1) is 0 Å². The minimum atomic E-state index is -0.295. The summed E-state index contributed by atoms with van der Waals surface area (Å²) >= 11 is 0. The predicted octanol–water partition coefficient (Wildman–Crippen LogP) is 2.25. The third-order valence-electron chi connectivity index (χ3n) is 2.13. The summed E-state index contributed by atoms with van der Waals surface area (Å²) in [5.74, 6) is 0.584. The van der Waals surface area contributed by atoms with Crippen LogP contribution in [0.2, 0.25) is 0 Å². The Labute approximate surface area is 92.3 Å². The number of aromatic nitrogens is 2. The van der Waals surface area contributed by atoms with Crippen molar-refractivity contribution in [3.8, 4) is 0 Å². The number of rotatable bonds is 2. The summed E-state index contributed by atoms with van der Waals surface area (Å²) in [6.07, 6.45) is 2.94. The maximum absolute atomic E-state index is 13.0. The molecule has 0 radical (unpaired) electrons. The summed E-state index contributed by atoms with van der Waals surface area (Å²) in [7, 11) is 0. The Balaban J connectivity index is 2.26. The molecule has 3 N–H and O–H groups in total. The van der Waals surface area contributed by atoms with E-state index in [1.165, 1.54) is 24.5 Å². The highest BCUT2D eigenvalue weighted by molar-refractivity contribution is 5.59. The molecule has 0 bridgehead atoms. The van der Waals surface area contributed by atoms with Crippen LogP contribution in [0.1, 0.15) is 5.56 Å². The number of nitrogens with zero attached hydrogens (tertiary/aromatic N) is 2. The number of nitrogen functional groups attached to an aromatic ring is 1. The van der Waals surface area contributed by atoms with Gasteiger partial charge >= 0.3 is 0 Å². The number of nitrogens with two attached hydrogens (primary N) is 1. The van der Waals surface area contributed by atoms with Crippen molar-refractivity contribution in [2.24, 2.45) is 0 Å². The molecule has 0 aliphatic carbocycles. The number of nitrogens with one attached hydrogen (secondary N) is 1. The van der Waals surface area contributed by atoms with E-state index in [1.807, 2.05) is 6.92 Å². The smallest absolute Gasteiger partial charge is 0.149 e. The molecule has 4 nitrogen and oxygen atoms in total. The third-order valence-corrected chi connectivity index (χ3v) is 2.13. The standard InChI is InChI=1S/C11H11FN4/c1-7-2-3-8(12)4-9(7)16-11-6-14-10(13)5-15-11/h2-6H,1H3,(H2,13,14)(H,15,16). The predicted molar refractivity (Wildman–Crippen MR) is 60.9 cm³/mol. The van der Waals surface area contributed by atoms with Gasteiger partial charge in [0, 0.05) is 5.69 Å². The third kappa shape index (κ3) is 2.25. The van der Waals surface area contributed by atoms with E-state index >= 15 is 0 Å². The van der Waals surface area contributed by atoms with E-state index in [4.69, 9.17) is 5.73 Å². The van der Waals surface area contributed by atoms with E-state index in [2.05, 4.69) is 15.3 Å². The highest BCUT2D eigenvalue weighted by Crippen LogP contribution is 2.19. The van der Waals surface area contributed by atoms with Crippen LogP contribution in [0, 0.1) is 12.7 Å². The number of benzene rings is 1. The van der Waals surface area contributed by atoms with Crippen LogP contribution in [0.15, 0.2) is 30.6 Å². The van der Waals surface area contributed by atoms with E-state index in [-0.39, 0.29) is 5.82 Å². The SMILES string of the molecule is Cc1ccc(F)cc1Nc1cnc(N)cn1. The molecule has 0 fully saturated rings. The average Bonchev–Trinajstić information content (AvgIpc) is 2.27. The van der Waals surface area contributed by atoms with Crippen LogP contribution in [0.4, 0.5) is 21.7 Å². The van der Waals surface area contributed by atoms with E-state index < -0.39 is 0 Å². The Morgan fingerprint density at radius 1 is 1.25 bits per heavy atom. The second kappa shape index (κ2) is 4.14. The quantitative estimate of drug-likeness (QED) is 0.811. The maximum Gasteiger partial charge on any atom is 0.149 e. The molecule has 0 unspecified atom stereocenters. The molecule has 0 aliphatic heterocycles. The molecule has 0 atom stereocenters. The van der Waals surface area contributed by atoms with Crippen molar-refractivity contribution in [1.29, 1.82) is 0 Å². The first-order chi connectivity index (χ1) is 7.65. The summed E-state index contributed by atoms with van der Waals surface area (Å²) in [6, 6.07) is 4.52. The van der Waals surface area contributed by atoms with Gasteiger partial charge in [-0.3, -0.25) is 0 Å². The fourth-order valence-corrected chi connectivity index (χ4v) is 1.27. The van der Waals surface area contributed by atoms with Crippen molar-refractivity contribution in [3.05, 3.63) is 42.0 Å². The van der Waals surface area contributed by atoms with Crippen molar-refractivity contribution in [2.75, 3.05) is 11.1 Å². The Bertz CT molecular complexity index is 496. The first-order valence-corrected chi connectivity index (χ1v) is 4.76. The van der Waals surface area contributed by atoms with Gasteiger partial charge in [-0.1, -0.05) is 6.07 Å². The van der Waals surface area contributed by atoms with Crippen LogP contribution >= 0.6 is 0 Å². The molecule has 82 valence electrons. The van der Waals surface area contributed by atoms with Gasteiger partial charge in [0.2, 0.25) is 0 Å². The molecule has 5 heteroatoms. The second-order valence-corrected chi connectivity index (χ2v) is 3.41. The summed E-state index contributed by atoms with van der Waals surface area (Å²) < 4.78 is 13.0. The van der Waals surface area contributed by atoms with Gasteiger partial charge < -0.3 is 11.1 Å². The van der Waals surface area contributed by atoms with E-state index in [9.17, 15) is 4.39 Å². The monoisotopic (exact) mass is 218 g/mol. The fraction of sp³-hybridized carbons (Fsp3) is 0.0909. The van der Waals surface area contributed by atoms with Gasteiger partial charge in [-0.2, -0.15) is 0 Å². The van der Waals surface area contributed by atoms with Gasteiger partial charge in [0.25, 0.3) is 0 Å². The highest BCUT2D eigenvalue weighted by atomic mass is 19.1. The van der Waals surface area contributed by atoms with Gasteiger partial charge in [-0.05, 0) is 24.6 Å². The Hall–Kier alpha value is -2.17. The number of hydrogen-bond donors (Lipinski definition) is 2. The largest absolute Gasteiger partial charge is 0.382 e. The van der Waals surface area contributed by atoms with Crippen LogP contribution in [0.3, 0.4) is 0 Å². The normalized spacial score (nSPS) is 10.1. The lowest BCUT2D eigenvalue weighted by Crippen LogP contribution is -1.98. The zero-order chi connectivity index (χ0) is 11.5. The van der Waals surface area contributed by atoms with Crippen molar-refractivity contribution >= 4 is 17.3 Å². The summed E-state index contributed by atoms with van der Waals surface area (Å²) in [6.45, 7) is 1.88. The summed E-state index contributed by atoms with van der Waals surface area (Å²) in [5.41, 5.74) is 7.01. The molecule has 0 spiro atoms. The lowest BCUT2D eigenvalue weighted by atomic mass is 10.2.